The summed E-state index contributed by atoms with van der Waals surface area (Å²) in [7, 11) is 4.02. The van der Waals surface area contributed by atoms with Crippen LogP contribution in [0.25, 0.3) is 0 Å². The summed E-state index contributed by atoms with van der Waals surface area (Å²) in [5.74, 6) is -0.687. The molecule has 3 nitrogen and oxygen atoms in total. The van der Waals surface area contributed by atoms with E-state index in [1.54, 1.807) is 6.08 Å². The van der Waals surface area contributed by atoms with Gasteiger partial charge in [0.2, 0.25) is 0 Å². The number of aliphatic carboxylic acids is 1. The number of rotatable bonds is 7. The molecule has 1 atom stereocenters. The van der Waals surface area contributed by atoms with Crippen molar-refractivity contribution in [1.29, 1.82) is 0 Å². The Hall–Kier alpha value is -1.35. The normalized spacial score (nSPS) is 13.6. The van der Waals surface area contributed by atoms with Crippen LogP contribution >= 0.6 is 0 Å². The monoisotopic (exact) mass is 223 g/mol. The first-order valence-corrected chi connectivity index (χ1v) is 5.29. The molecule has 0 amide bonds. The lowest BCUT2D eigenvalue weighted by molar-refractivity contribution is -0.132. The number of allylic oxidation sites excluding steroid dienone is 2. The molecule has 0 aromatic carbocycles. The maximum atomic E-state index is 10.8. The van der Waals surface area contributed by atoms with Crippen LogP contribution in [-0.2, 0) is 4.79 Å². The Balaban J connectivity index is 4.44. The second-order valence-corrected chi connectivity index (χ2v) is 4.18. The molecule has 0 fully saturated rings. The highest BCUT2D eigenvalue weighted by Crippen LogP contribution is 2.16. The van der Waals surface area contributed by atoms with Crippen molar-refractivity contribution < 1.29 is 9.90 Å². The van der Waals surface area contributed by atoms with E-state index in [0.29, 0.717) is 0 Å². The fraction of sp³-hybridized carbons (Fsp3) is 0.462. The lowest BCUT2D eigenvalue weighted by Gasteiger charge is -2.15. The number of hydrogen-bond donors (Lipinski definition) is 1. The van der Waals surface area contributed by atoms with Crippen molar-refractivity contribution in [3.63, 3.8) is 0 Å². The van der Waals surface area contributed by atoms with Crippen LogP contribution in [0, 0.1) is 5.92 Å². The van der Waals surface area contributed by atoms with Gasteiger partial charge in [0.05, 0.1) is 5.57 Å². The van der Waals surface area contributed by atoms with Gasteiger partial charge in [-0.05, 0) is 39.1 Å². The molecule has 0 saturated heterocycles. The number of nitrogens with zero attached hydrogens (tertiary/aromatic N) is 1. The smallest absolute Gasteiger partial charge is 0.335 e. The molecule has 0 rings (SSSR count). The highest BCUT2D eigenvalue weighted by Gasteiger charge is 2.08. The summed E-state index contributed by atoms with van der Waals surface area (Å²) in [5, 5.41) is 8.83. The second kappa shape index (κ2) is 7.01. The molecule has 0 spiro atoms. The molecule has 90 valence electrons. The van der Waals surface area contributed by atoms with Crippen LogP contribution in [0.15, 0.2) is 36.5 Å². The molecule has 0 radical (unpaired) electrons. The third kappa shape index (κ3) is 5.51. The van der Waals surface area contributed by atoms with Crippen LogP contribution < -0.4 is 0 Å². The van der Waals surface area contributed by atoms with E-state index in [1.165, 1.54) is 6.08 Å². The quantitative estimate of drug-likeness (QED) is 0.532. The first kappa shape index (κ1) is 14.6. The van der Waals surface area contributed by atoms with Gasteiger partial charge in [0, 0.05) is 0 Å². The van der Waals surface area contributed by atoms with Crippen molar-refractivity contribution in [3.05, 3.63) is 36.5 Å². The molecule has 0 aliphatic heterocycles. The van der Waals surface area contributed by atoms with Crippen LogP contribution in [0.3, 0.4) is 0 Å². The summed E-state index contributed by atoms with van der Waals surface area (Å²) in [6, 6.07) is 0. The van der Waals surface area contributed by atoms with Crippen LogP contribution in [0.1, 0.15) is 13.3 Å². The highest BCUT2D eigenvalue weighted by atomic mass is 16.4. The predicted octanol–water partition coefficient (Wildman–Crippen LogP) is 2.33. The van der Waals surface area contributed by atoms with E-state index in [2.05, 4.69) is 18.1 Å². The molecule has 0 aliphatic carbocycles. The Labute approximate surface area is 97.8 Å². The van der Waals surface area contributed by atoms with Crippen molar-refractivity contribution in [3.8, 4) is 0 Å². The van der Waals surface area contributed by atoms with Gasteiger partial charge < -0.3 is 10.0 Å². The molecule has 0 aromatic rings. The minimum absolute atomic E-state index is 0.196. The van der Waals surface area contributed by atoms with Gasteiger partial charge in [-0.15, -0.1) is 0 Å². The zero-order valence-electron chi connectivity index (χ0n) is 10.4. The number of carboxylic acids is 1. The minimum Gasteiger partial charge on any atom is -0.478 e. The molecule has 1 N–H and O–H groups in total. The van der Waals surface area contributed by atoms with Crippen molar-refractivity contribution in [1.82, 2.24) is 4.90 Å². The molecule has 0 aromatic heterocycles. The summed E-state index contributed by atoms with van der Waals surface area (Å²) in [6.07, 6.45) is 3.90. The molecule has 0 saturated carbocycles. The number of carbonyl (C=O) groups is 1. The topological polar surface area (TPSA) is 40.5 Å². The highest BCUT2D eigenvalue weighted by molar-refractivity contribution is 5.90. The summed E-state index contributed by atoms with van der Waals surface area (Å²) >= 11 is 0. The van der Waals surface area contributed by atoms with Crippen LogP contribution in [0.4, 0.5) is 0 Å². The molecule has 16 heavy (non-hydrogen) atoms. The largest absolute Gasteiger partial charge is 0.478 e. The van der Waals surface area contributed by atoms with E-state index in [0.717, 1.165) is 18.5 Å². The Morgan fingerprint density at radius 3 is 2.44 bits per heavy atom. The van der Waals surface area contributed by atoms with Gasteiger partial charge >= 0.3 is 5.97 Å². The van der Waals surface area contributed by atoms with Gasteiger partial charge in [-0.3, -0.25) is 0 Å². The summed E-state index contributed by atoms with van der Waals surface area (Å²) in [5.41, 5.74) is 1.03. The SMILES string of the molecule is C=C/C(=C\C(=C)C(C)CCN(C)C)C(=O)O. The maximum Gasteiger partial charge on any atom is 0.335 e. The van der Waals surface area contributed by atoms with Gasteiger partial charge in [-0.25, -0.2) is 4.79 Å². The molecule has 0 aliphatic rings. The van der Waals surface area contributed by atoms with Gasteiger partial charge in [0.15, 0.2) is 0 Å². The Kier molecular flexibility index (Phi) is 6.42. The summed E-state index contributed by atoms with van der Waals surface area (Å²) < 4.78 is 0. The summed E-state index contributed by atoms with van der Waals surface area (Å²) in [6.45, 7) is 10.4. The third-order valence-corrected chi connectivity index (χ3v) is 2.45. The third-order valence-electron chi connectivity index (χ3n) is 2.45. The summed E-state index contributed by atoms with van der Waals surface area (Å²) in [4.78, 5) is 12.9. The van der Waals surface area contributed by atoms with E-state index < -0.39 is 5.97 Å². The number of carboxylic acid groups (broad SMARTS) is 1. The zero-order valence-corrected chi connectivity index (χ0v) is 10.4. The van der Waals surface area contributed by atoms with Crippen molar-refractivity contribution in [2.45, 2.75) is 13.3 Å². The lowest BCUT2D eigenvalue weighted by atomic mass is 9.97. The maximum absolute atomic E-state index is 10.8. The molecule has 1 unspecified atom stereocenters. The van der Waals surface area contributed by atoms with Crippen molar-refractivity contribution in [2.24, 2.45) is 5.92 Å². The van der Waals surface area contributed by atoms with Crippen molar-refractivity contribution in [2.75, 3.05) is 20.6 Å². The standard InChI is InChI=1S/C13H21NO2/c1-6-12(13(15)16)9-11(3)10(2)7-8-14(4)5/h6,9-10H,1,3,7-8H2,2,4-5H3,(H,15,16)/b12-9+. The fourth-order valence-electron chi connectivity index (χ4n) is 1.19. The second-order valence-electron chi connectivity index (χ2n) is 4.18. The lowest BCUT2D eigenvalue weighted by Crippen LogP contribution is -2.16. The van der Waals surface area contributed by atoms with Gasteiger partial charge in [0.1, 0.15) is 0 Å². The molecule has 0 bridgehead atoms. The fourth-order valence-corrected chi connectivity index (χ4v) is 1.19. The van der Waals surface area contributed by atoms with Crippen LogP contribution in [0.5, 0.6) is 0 Å². The molecular weight excluding hydrogens is 202 g/mol. The molecular formula is C13H21NO2. The predicted molar refractivity (Wildman–Crippen MR) is 67.4 cm³/mol. The van der Waals surface area contributed by atoms with Gasteiger partial charge in [-0.1, -0.05) is 31.7 Å². The molecule has 3 heteroatoms. The van der Waals surface area contributed by atoms with Crippen LogP contribution in [0.2, 0.25) is 0 Å². The first-order valence-electron chi connectivity index (χ1n) is 5.29. The van der Waals surface area contributed by atoms with E-state index in [4.69, 9.17) is 5.11 Å². The van der Waals surface area contributed by atoms with Gasteiger partial charge in [0.25, 0.3) is 0 Å². The zero-order chi connectivity index (χ0) is 12.7. The van der Waals surface area contributed by atoms with Gasteiger partial charge in [-0.2, -0.15) is 0 Å². The van der Waals surface area contributed by atoms with E-state index >= 15 is 0 Å². The number of hydrogen-bond acceptors (Lipinski definition) is 2. The minimum atomic E-state index is -0.962. The van der Waals surface area contributed by atoms with E-state index in [1.807, 2.05) is 21.0 Å². The van der Waals surface area contributed by atoms with E-state index in [9.17, 15) is 4.79 Å². The van der Waals surface area contributed by atoms with E-state index in [-0.39, 0.29) is 11.5 Å². The average Bonchev–Trinajstić information content (AvgIpc) is 2.21. The average molecular weight is 223 g/mol. The Morgan fingerprint density at radius 2 is 2.06 bits per heavy atom. The Morgan fingerprint density at radius 1 is 1.50 bits per heavy atom. The first-order chi connectivity index (χ1) is 7.38. The Bertz CT molecular complexity index is 303. The van der Waals surface area contributed by atoms with Crippen molar-refractivity contribution >= 4 is 5.97 Å². The molecule has 0 heterocycles. The van der Waals surface area contributed by atoms with Crippen LogP contribution in [-0.4, -0.2) is 36.6 Å².